The van der Waals surface area contributed by atoms with Crippen molar-refractivity contribution in [3.63, 3.8) is 0 Å². The zero-order chi connectivity index (χ0) is 28.1. The molecule has 1 unspecified atom stereocenters. The lowest BCUT2D eigenvalue weighted by Crippen LogP contribution is -2.15. The highest BCUT2D eigenvalue weighted by atomic mass is 16.5. The van der Waals surface area contributed by atoms with Gasteiger partial charge in [-0.05, 0) is 79.1 Å². The first-order valence-electron chi connectivity index (χ1n) is 13.9. The molecule has 200 valence electrons. The fraction of sp³-hybridized carbons (Fsp3) is 0.371. The fourth-order valence-corrected chi connectivity index (χ4v) is 4.25. The number of ether oxygens (including phenoxy) is 1. The molecule has 0 saturated heterocycles. The van der Waals surface area contributed by atoms with Crippen LogP contribution in [0.5, 0.6) is 5.75 Å². The van der Waals surface area contributed by atoms with Gasteiger partial charge in [0.1, 0.15) is 11.8 Å². The van der Waals surface area contributed by atoms with Gasteiger partial charge in [-0.2, -0.15) is 5.26 Å². The molecule has 0 aliphatic rings. The number of carbonyl (C=O) groups excluding carboxylic acids is 1. The number of nitriles is 1. The quantitative estimate of drug-likeness (QED) is 0.202. The normalized spacial score (nSPS) is 11.7. The Labute approximate surface area is 230 Å². The summed E-state index contributed by atoms with van der Waals surface area (Å²) in [6.45, 7) is 14.3. The third-order valence-corrected chi connectivity index (χ3v) is 6.53. The molecule has 3 rings (SSSR count). The van der Waals surface area contributed by atoms with E-state index in [2.05, 4.69) is 71.9 Å². The highest BCUT2D eigenvalue weighted by molar-refractivity contribution is 5.94. The minimum absolute atomic E-state index is 0.0704. The number of allylic oxidation sites excluding steroid dienone is 1. The molecule has 0 heterocycles. The first-order chi connectivity index (χ1) is 18.3. The molecule has 3 nitrogen and oxygen atoms in total. The van der Waals surface area contributed by atoms with E-state index in [1.165, 1.54) is 6.42 Å². The number of hydrogen-bond donors (Lipinski definition) is 0. The van der Waals surface area contributed by atoms with Crippen molar-refractivity contribution >= 4 is 17.4 Å². The molecule has 1 atom stereocenters. The topological polar surface area (TPSA) is 50.1 Å². The summed E-state index contributed by atoms with van der Waals surface area (Å²) in [5.41, 5.74) is 7.88. The second-order valence-corrected chi connectivity index (χ2v) is 9.80. The summed E-state index contributed by atoms with van der Waals surface area (Å²) < 4.78 is 6.20. The van der Waals surface area contributed by atoms with Crippen molar-refractivity contribution in [2.24, 2.45) is 0 Å². The molecule has 0 aliphatic heterocycles. The molecule has 0 radical (unpaired) electrons. The second-order valence-electron chi connectivity index (χ2n) is 9.80. The molecule has 0 N–H and O–H groups in total. The Hall–Kier alpha value is -3.64. The standard InChI is InChI=1S/C32H35NO2.C3H8/c1-6-8-11-30(7-2)35-32-18-17-28(20-29(32)21-33)31-12-9-10-27(23(31)4)19-22(3)25-13-15-26(16-14-25)24(5)34;1-3-2/h9-10,12-20,30H,6-8,11H2,1-5H3;3H2,1-2H3/b22-19+;. The number of nitrogens with zero attached hydrogens (tertiary/aromatic N) is 1. The van der Waals surface area contributed by atoms with Gasteiger partial charge in [-0.25, -0.2) is 0 Å². The Morgan fingerprint density at radius 3 is 2.21 bits per heavy atom. The number of rotatable bonds is 10. The molecule has 0 fully saturated rings. The molecule has 0 saturated carbocycles. The fourth-order valence-electron chi connectivity index (χ4n) is 4.25. The Morgan fingerprint density at radius 2 is 1.63 bits per heavy atom. The number of carbonyl (C=O) groups is 1. The average molecular weight is 510 g/mol. The van der Waals surface area contributed by atoms with Gasteiger partial charge in [0, 0.05) is 5.56 Å². The van der Waals surface area contributed by atoms with Crippen LogP contribution < -0.4 is 4.74 Å². The predicted octanol–water partition coefficient (Wildman–Crippen LogP) is 10.1. The summed E-state index contributed by atoms with van der Waals surface area (Å²) in [5, 5.41) is 9.81. The second kappa shape index (κ2) is 15.6. The largest absolute Gasteiger partial charge is 0.489 e. The zero-order valence-corrected chi connectivity index (χ0v) is 24.2. The number of Topliss-reactive ketones (excluding diaryl/α,β-unsaturated/α-hetero) is 1. The van der Waals surface area contributed by atoms with Crippen molar-refractivity contribution in [2.75, 3.05) is 0 Å². The Balaban J connectivity index is 0.00000161. The van der Waals surface area contributed by atoms with E-state index < -0.39 is 0 Å². The van der Waals surface area contributed by atoms with E-state index in [0.29, 0.717) is 11.3 Å². The van der Waals surface area contributed by atoms with Crippen LogP contribution in [0.2, 0.25) is 0 Å². The third-order valence-electron chi connectivity index (χ3n) is 6.53. The van der Waals surface area contributed by atoms with Crippen LogP contribution in [0.3, 0.4) is 0 Å². The number of benzene rings is 3. The minimum atomic E-state index is 0.0704. The van der Waals surface area contributed by atoms with Gasteiger partial charge in [-0.1, -0.05) is 102 Å². The van der Waals surface area contributed by atoms with E-state index in [1.807, 2.05) is 42.5 Å². The highest BCUT2D eigenvalue weighted by Crippen LogP contribution is 2.32. The summed E-state index contributed by atoms with van der Waals surface area (Å²) in [5.74, 6) is 0.735. The maximum absolute atomic E-state index is 11.6. The highest BCUT2D eigenvalue weighted by Gasteiger charge is 2.14. The first-order valence-corrected chi connectivity index (χ1v) is 13.9. The summed E-state index contributed by atoms with van der Waals surface area (Å²) in [6.07, 6.45) is 7.75. The Morgan fingerprint density at radius 1 is 0.974 bits per heavy atom. The van der Waals surface area contributed by atoms with Crippen molar-refractivity contribution in [3.8, 4) is 22.9 Å². The summed E-state index contributed by atoms with van der Waals surface area (Å²) in [4.78, 5) is 11.6. The van der Waals surface area contributed by atoms with Gasteiger partial charge >= 0.3 is 0 Å². The monoisotopic (exact) mass is 509 g/mol. The van der Waals surface area contributed by atoms with Gasteiger partial charge < -0.3 is 4.74 Å². The van der Waals surface area contributed by atoms with E-state index in [0.717, 1.165) is 64.6 Å². The van der Waals surface area contributed by atoms with Crippen molar-refractivity contribution < 1.29 is 9.53 Å². The molecule has 0 bridgehead atoms. The Bertz CT molecular complexity index is 1260. The molecule has 0 aliphatic carbocycles. The third kappa shape index (κ3) is 8.45. The van der Waals surface area contributed by atoms with Crippen molar-refractivity contribution in [1.82, 2.24) is 0 Å². The van der Waals surface area contributed by atoms with Gasteiger partial charge in [0.05, 0.1) is 11.7 Å². The molecule has 0 aromatic heterocycles. The van der Waals surface area contributed by atoms with E-state index in [9.17, 15) is 10.1 Å². The van der Waals surface area contributed by atoms with E-state index in [-0.39, 0.29) is 11.9 Å². The molecule has 0 amide bonds. The predicted molar refractivity (Wildman–Crippen MR) is 162 cm³/mol. The van der Waals surface area contributed by atoms with Crippen molar-refractivity contribution in [1.29, 1.82) is 5.26 Å². The number of hydrogen-bond acceptors (Lipinski definition) is 3. The van der Waals surface area contributed by atoms with Crippen LogP contribution >= 0.6 is 0 Å². The van der Waals surface area contributed by atoms with Crippen LogP contribution in [0.4, 0.5) is 0 Å². The van der Waals surface area contributed by atoms with Crippen LogP contribution in [-0.2, 0) is 0 Å². The summed E-state index contributed by atoms with van der Waals surface area (Å²) in [6, 6.07) is 22.2. The van der Waals surface area contributed by atoms with E-state index in [1.54, 1.807) is 6.92 Å². The summed E-state index contributed by atoms with van der Waals surface area (Å²) in [7, 11) is 0. The smallest absolute Gasteiger partial charge is 0.159 e. The molecular formula is C35H43NO2. The molecule has 3 heteroatoms. The molecule has 3 aromatic rings. The van der Waals surface area contributed by atoms with Gasteiger partial charge in [-0.15, -0.1) is 0 Å². The zero-order valence-electron chi connectivity index (χ0n) is 24.2. The Kier molecular flexibility index (Phi) is 12.5. The summed E-state index contributed by atoms with van der Waals surface area (Å²) >= 11 is 0. The lowest BCUT2D eigenvalue weighted by atomic mass is 9.93. The van der Waals surface area contributed by atoms with E-state index >= 15 is 0 Å². The average Bonchev–Trinajstić information content (AvgIpc) is 2.92. The molecular weight excluding hydrogens is 466 g/mol. The SMILES string of the molecule is CCC.CCCCC(CC)Oc1ccc(-c2cccc(/C=C(\C)c3ccc(C(C)=O)cc3)c2C)cc1C#N. The number of unbranched alkanes of at least 4 members (excludes halogenated alkanes) is 1. The van der Waals surface area contributed by atoms with Gasteiger partial charge in [0.2, 0.25) is 0 Å². The van der Waals surface area contributed by atoms with Crippen LogP contribution in [0.15, 0.2) is 60.7 Å². The minimum Gasteiger partial charge on any atom is -0.489 e. The lowest BCUT2D eigenvalue weighted by Gasteiger charge is -2.19. The number of ketones is 1. The molecule has 38 heavy (non-hydrogen) atoms. The lowest BCUT2D eigenvalue weighted by molar-refractivity contribution is 0.101. The van der Waals surface area contributed by atoms with Crippen LogP contribution in [0, 0.1) is 18.3 Å². The first kappa shape index (κ1) is 30.6. The molecule has 0 spiro atoms. The van der Waals surface area contributed by atoms with Gasteiger partial charge in [0.15, 0.2) is 5.78 Å². The van der Waals surface area contributed by atoms with E-state index in [4.69, 9.17) is 4.74 Å². The van der Waals surface area contributed by atoms with Crippen molar-refractivity contribution in [3.05, 3.63) is 88.5 Å². The maximum Gasteiger partial charge on any atom is 0.159 e. The van der Waals surface area contributed by atoms with Crippen LogP contribution in [0.1, 0.15) is 106 Å². The molecule has 3 aromatic carbocycles. The maximum atomic E-state index is 11.6. The van der Waals surface area contributed by atoms with Gasteiger partial charge in [0.25, 0.3) is 0 Å². The van der Waals surface area contributed by atoms with Crippen molar-refractivity contribution in [2.45, 2.75) is 86.7 Å². The van der Waals surface area contributed by atoms with Crippen LogP contribution in [0.25, 0.3) is 22.8 Å². The van der Waals surface area contributed by atoms with Crippen LogP contribution in [-0.4, -0.2) is 11.9 Å². The van der Waals surface area contributed by atoms with Gasteiger partial charge in [-0.3, -0.25) is 4.79 Å².